The number of aromatic nitrogens is 1. The highest BCUT2D eigenvalue weighted by Gasteiger charge is 2.34. The number of benzene rings is 1. The Bertz CT molecular complexity index is 2260. The van der Waals surface area contributed by atoms with Gasteiger partial charge in [-0.05, 0) is 75.8 Å². The maximum absolute atomic E-state index is 14.0. The highest BCUT2D eigenvalue weighted by molar-refractivity contribution is 5.98. The van der Waals surface area contributed by atoms with Crippen LogP contribution in [-0.2, 0) is 59.2 Å². The Hall–Kier alpha value is -6.91. The monoisotopic (exact) mass is 1030 g/mol. The van der Waals surface area contributed by atoms with Crippen molar-refractivity contribution in [3.05, 3.63) is 36.0 Å². The molecule has 23 heteroatoms. The van der Waals surface area contributed by atoms with Crippen molar-refractivity contribution in [1.29, 1.82) is 0 Å². The van der Waals surface area contributed by atoms with Gasteiger partial charge in [-0.3, -0.25) is 47.9 Å². The average molecular weight is 1030 g/mol. The van der Waals surface area contributed by atoms with Crippen LogP contribution in [0.15, 0.2) is 30.5 Å². The van der Waals surface area contributed by atoms with E-state index in [4.69, 9.17) is 5.73 Å². The molecule has 0 saturated carbocycles. The van der Waals surface area contributed by atoms with E-state index < -0.39 is 132 Å². The summed E-state index contributed by atoms with van der Waals surface area (Å²) in [5.41, 5.74) is 7.29. The van der Waals surface area contributed by atoms with E-state index in [1.165, 1.54) is 20.8 Å². The zero-order valence-corrected chi connectivity index (χ0v) is 43.6. The average Bonchev–Trinajstić information content (AvgIpc) is 3.72. The number of carboxylic acid groups (broad SMARTS) is 2. The summed E-state index contributed by atoms with van der Waals surface area (Å²) in [6, 6.07) is -3.38. The number of hydrogen-bond donors (Lipinski definition) is 12. The van der Waals surface area contributed by atoms with Gasteiger partial charge in [0.15, 0.2) is 5.78 Å². The second kappa shape index (κ2) is 30.2. The number of Topliss-reactive ketones (excluding diaryl/α,β-unsaturated/α-hetero) is 1. The summed E-state index contributed by atoms with van der Waals surface area (Å²) in [4.78, 5) is 146. The zero-order valence-electron chi connectivity index (χ0n) is 43.6. The first-order chi connectivity index (χ1) is 34.1. The van der Waals surface area contributed by atoms with Gasteiger partial charge in [-0.15, -0.1) is 0 Å². The number of nitrogens with one attached hydrogen (secondary N) is 9. The Morgan fingerprint density at radius 3 is 1.52 bits per heavy atom. The molecule has 0 radical (unpaired) electrons. The van der Waals surface area contributed by atoms with Crippen LogP contribution in [0.25, 0.3) is 10.9 Å². The molecule has 0 aliphatic heterocycles. The first-order valence-corrected chi connectivity index (χ1v) is 24.8. The van der Waals surface area contributed by atoms with E-state index in [1.807, 2.05) is 32.0 Å². The molecule has 0 aliphatic rings. The molecule has 0 fully saturated rings. The number of fused-ring (bicyclic) bond motifs is 1. The largest absolute Gasteiger partial charge is 0.481 e. The number of carboxylic acids is 2. The van der Waals surface area contributed by atoms with E-state index in [-0.39, 0.29) is 56.3 Å². The summed E-state index contributed by atoms with van der Waals surface area (Å²) in [5.74, 6) is -9.58. The molecule has 8 amide bonds. The number of aromatic amines is 1. The maximum Gasteiger partial charge on any atom is 0.326 e. The maximum atomic E-state index is 14.0. The smallest absolute Gasteiger partial charge is 0.326 e. The minimum atomic E-state index is -1.46. The highest BCUT2D eigenvalue weighted by Crippen LogP contribution is 2.19. The molecular formula is C50H78N10O13. The molecule has 2 aromatic rings. The molecule has 1 aromatic carbocycles. The van der Waals surface area contributed by atoms with Gasteiger partial charge in [-0.25, -0.2) is 4.79 Å². The third-order valence-electron chi connectivity index (χ3n) is 11.9. The normalized spacial score (nSPS) is 15.0. The Labute approximate surface area is 426 Å². The molecule has 13 N–H and O–H groups in total. The van der Waals surface area contributed by atoms with Crippen LogP contribution >= 0.6 is 0 Å². The third kappa shape index (κ3) is 21.4. The van der Waals surface area contributed by atoms with Crippen molar-refractivity contribution < 1.29 is 63.0 Å². The number of ketones is 1. The molecule has 0 saturated heterocycles. The van der Waals surface area contributed by atoms with Gasteiger partial charge in [-0.1, -0.05) is 73.1 Å². The molecule has 0 bridgehead atoms. The van der Waals surface area contributed by atoms with Crippen LogP contribution in [-0.4, -0.2) is 135 Å². The van der Waals surface area contributed by atoms with Crippen LogP contribution in [0.3, 0.4) is 0 Å². The number of carbonyl (C=O) groups excluding carboxylic acids is 9. The molecule has 9 atom stereocenters. The number of H-pyrrole nitrogens is 1. The first-order valence-electron chi connectivity index (χ1n) is 24.8. The fraction of sp³-hybridized carbons (Fsp3) is 0.620. The Morgan fingerprint density at radius 2 is 1.00 bits per heavy atom. The molecule has 1 heterocycles. The van der Waals surface area contributed by atoms with Gasteiger partial charge in [-0.2, -0.15) is 0 Å². The third-order valence-corrected chi connectivity index (χ3v) is 11.9. The van der Waals surface area contributed by atoms with Crippen LogP contribution in [0.1, 0.15) is 126 Å². The van der Waals surface area contributed by atoms with Crippen molar-refractivity contribution in [3.8, 4) is 0 Å². The van der Waals surface area contributed by atoms with Gasteiger partial charge in [0.1, 0.15) is 42.3 Å². The van der Waals surface area contributed by atoms with E-state index in [0.717, 1.165) is 10.9 Å². The van der Waals surface area contributed by atoms with Crippen molar-refractivity contribution in [2.75, 3.05) is 0 Å². The lowest BCUT2D eigenvalue weighted by atomic mass is 9.99. The lowest BCUT2D eigenvalue weighted by Crippen LogP contribution is -2.59. The molecule has 23 nitrogen and oxygen atoms in total. The summed E-state index contributed by atoms with van der Waals surface area (Å²) >= 11 is 0. The van der Waals surface area contributed by atoms with E-state index in [0.29, 0.717) is 12.0 Å². The van der Waals surface area contributed by atoms with Crippen molar-refractivity contribution in [3.63, 3.8) is 0 Å². The number of hydrogen-bond acceptors (Lipinski definition) is 12. The van der Waals surface area contributed by atoms with Crippen LogP contribution in [0, 0.1) is 17.8 Å². The summed E-state index contributed by atoms with van der Waals surface area (Å²) in [5, 5.41) is 40.5. The van der Waals surface area contributed by atoms with Gasteiger partial charge in [0, 0.05) is 42.8 Å². The van der Waals surface area contributed by atoms with Gasteiger partial charge in [0.2, 0.25) is 47.3 Å². The van der Waals surface area contributed by atoms with Crippen LogP contribution in [0.4, 0.5) is 0 Å². The van der Waals surface area contributed by atoms with Gasteiger partial charge in [0.05, 0.1) is 12.1 Å². The topological polar surface area (TPSA) is 366 Å². The Balaban J connectivity index is 2.14. The second-order valence-corrected chi connectivity index (χ2v) is 19.7. The van der Waals surface area contributed by atoms with Crippen molar-refractivity contribution in [2.45, 2.75) is 181 Å². The molecule has 2 rings (SSSR count). The number of para-hydroxylation sites is 1. The molecule has 73 heavy (non-hydrogen) atoms. The number of carbonyl (C=O) groups is 11. The lowest BCUT2D eigenvalue weighted by Gasteiger charge is -2.28. The molecule has 1 aromatic heterocycles. The number of amides is 8. The fourth-order valence-electron chi connectivity index (χ4n) is 7.53. The van der Waals surface area contributed by atoms with Crippen LogP contribution in [0.2, 0.25) is 0 Å². The summed E-state index contributed by atoms with van der Waals surface area (Å²) in [6.45, 7) is 16.6. The Morgan fingerprint density at radius 1 is 0.534 bits per heavy atom. The fourth-order valence-corrected chi connectivity index (χ4v) is 7.53. The Kier molecular flexibility index (Phi) is 25.7. The summed E-state index contributed by atoms with van der Waals surface area (Å²) < 4.78 is 0. The zero-order chi connectivity index (χ0) is 55.3. The summed E-state index contributed by atoms with van der Waals surface area (Å²) in [6.07, 6.45) is 0.472. The molecule has 3 unspecified atom stereocenters. The predicted molar refractivity (Wildman–Crippen MR) is 270 cm³/mol. The molecular weight excluding hydrogens is 949 g/mol. The molecule has 0 spiro atoms. The molecule has 0 aliphatic carbocycles. The van der Waals surface area contributed by atoms with E-state index >= 15 is 0 Å². The van der Waals surface area contributed by atoms with Gasteiger partial charge < -0.3 is 63.5 Å². The minimum Gasteiger partial charge on any atom is -0.481 e. The SMILES string of the molecule is CCCC(NC(=O)[C@H](CCC(=O)O)NC(=O)CCC(=O)[C@H](C)NC(=O)[C@H](C)NC(=O)[C@@H](N)C(C)C)C(=O)N[C@@H](CC(C)C)C(=O)NC(CC(C)C)C(=O)N[C@@H](C)C(=O)NC(Cc1c[nH]c2ccccc12)C(=O)O. The van der Waals surface area contributed by atoms with Crippen LogP contribution in [0.5, 0.6) is 0 Å². The van der Waals surface area contributed by atoms with E-state index in [9.17, 15) is 63.0 Å². The highest BCUT2D eigenvalue weighted by atomic mass is 16.4. The molecule has 406 valence electrons. The number of rotatable bonds is 32. The van der Waals surface area contributed by atoms with Gasteiger partial charge >= 0.3 is 11.9 Å². The quantitative estimate of drug-likeness (QED) is 0.0483. The van der Waals surface area contributed by atoms with Gasteiger partial charge in [0.25, 0.3) is 0 Å². The van der Waals surface area contributed by atoms with Crippen molar-refractivity contribution in [2.24, 2.45) is 23.5 Å². The van der Waals surface area contributed by atoms with E-state index in [1.54, 1.807) is 46.9 Å². The predicted octanol–water partition coefficient (Wildman–Crippen LogP) is 0.823. The first kappa shape index (κ1) is 62.2. The van der Waals surface area contributed by atoms with Crippen molar-refractivity contribution in [1.82, 2.24) is 47.5 Å². The van der Waals surface area contributed by atoms with Crippen molar-refractivity contribution >= 4 is 75.9 Å². The summed E-state index contributed by atoms with van der Waals surface area (Å²) in [7, 11) is 0. The second-order valence-electron chi connectivity index (χ2n) is 19.7. The number of nitrogens with two attached hydrogens (primary N) is 1. The van der Waals surface area contributed by atoms with E-state index in [2.05, 4.69) is 47.5 Å². The standard InChI is InChI=1S/C50H78N10O13/c1-11-14-34(57-46(68)35(17-20-41(63)64)56-40(62)19-18-39(61)28(8)53-43(65)29(9)55-49(71)42(51)27(6)7)45(67)58-37(22-26(4)5)48(70)59-36(21-25(2)3)47(69)54-30(10)44(66)60-38(50(72)73)23-31-24-52-33-16-13-12-15-32(31)33/h12-13,15-16,24-30,34-38,42,52H,11,14,17-23,51H2,1-10H3,(H,53,65)(H,54,69)(H,55,71)(H,56,62)(H,57,68)(H,58,67)(H,59,70)(H,60,66)(H,63,64)(H,72,73)/t28-,29-,30-,34?,35-,36?,37-,38?,42-/m0/s1. The minimum absolute atomic E-state index is 0.0420. The lowest BCUT2D eigenvalue weighted by molar-refractivity contribution is -0.142. The number of aliphatic carboxylic acids is 2. The van der Waals surface area contributed by atoms with Crippen LogP contribution < -0.4 is 48.3 Å².